The van der Waals surface area contributed by atoms with Crippen LogP contribution in [0.15, 0.2) is 18.5 Å². The van der Waals surface area contributed by atoms with Gasteiger partial charge in [-0.3, -0.25) is 4.98 Å². The van der Waals surface area contributed by atoms with Crippen LogP contribution >= 0.6 is 0 Å². The van der Waals surface area contributed by atoms with E-state index in [1.807, 2.05) is 0 Å². The lowest BCUT2D eigenvalue weighted by Crippen LogP contribution is -2.24. The standard InChI is InChI=1S/C8H13N3O/c1-5(12)8(10)6-2-3-11-4-7(6)9/h2-5,8,12H,9-10H2,1H3/t5-,8+/m1/s1. The predicted molar refractivity (Wildman–Crippen MR) is 47.3 cm³/mol. The van der Waals surface area contributed by atoms with Gasteiger partial charge in [0.25, 0.3) is 0 Å². The number of aliphatic hydroxyl groups is 1. The van der Waals surface area contributed by atoms with Crippen LogP contribution in [0.25, 0.3) is 0 Å². The van der Waals surface area contributed by atoms with Gasteiger partial charge in [0.05, 0.1) is 24.0 Å². The first-order valence-corrected chi connectivity index (χ1v) is 3.76. The molecule has 12 heavy (non-hydrogen) atoms. The highest BCUT2D eigenvalue weighted by Crippen LogP contribution is 2.19. The summed E-state index contributed by atoms with van der Waals surface area (Å²) in [5.74, 6) is 0. The fourth-order valence-electron chi connectivity index (χ4n) is 0.981. The van der Waals surface area contributed by atoms with E-state index >= 15 is 0 Å². The normalized spacial score (nSPS) is 15.6. The molecule has 0 saturated heterocycles. The maximum Gasteiger partial charge on any atom is 0.0705 e. The monoisotopic (exact) mass is 167 g/mol. The first kappa shape index (κ1) is 8.96. The van der Waals surface area contributed by atoms with E-state index < -0.39 is 12.1 Å². The van der Waals surface area contributed by atoms with Crippen LogP contribution in [0.3, 0.4) is 0 Å². The van der Waals surface area contributed by atoms with Crippen molar-refractivity contribution in [2.75, 3.05) is 5.73 Å². The minimum Gasteiger partial charge on any atom is -0.397 e. The fraction of sp³-hybridized carbons (Fsp3) is 0.375. The van der Waals surface area contributed by atoms with Crippen molar-refractivity contribution in [2.24, 2.45) is 5.73 Å². The maximum atomic E-state index is 9.20. The molecular weight excluding hydrogens is 154 g/mol. The lowest BCUT2D eigenvalue weighted by atomic mass is 10.0. The molecule has 0 unspecified atom stereocenters. The molecule has 1 aromatic heterocycles. The van der Waals surface area contributed by atoms with Gasteiger partial charge in [0.2, 0.25) is 0 Å². The Balaban J connectivity index is 2.94. The minimum atomic E-state index is -0.602. The molecule has 0 aliphatic rings. The topological polar surface area (TPSA) is 85.2 Å². The number of nitrogens with zero attached hydrogens (tertiary/aromatic N) is 1. The molecule has 66 valence electrons. The zero-order valence-electron chi connectivity index (χ0n) is 6.94. The van der Waals surface area contributed by atoms with Crippen molar-refractivity contribution >= 4 is 5.69 Å². The molecule has 4 heteroatoms. The summed E-state index contributed by atoms with van der Waals surface area (Å²) in [4.78, 5) is 3.82. The highest BCUT2D eigenvalue weighted by Gasteiger charge is 2.13. The third-order valence-corrected chi connectivity index (χ3v) is 1.77. The summed E-state index contributed by atoms with van der Waals surface area (Å²) in [5.41, 5.74) is 12.5. The molecule has 0 bridgehead atoms. The molecule has 0 aromatic carbocycles. The zero-order chi connectivity index (χ0) is 9.14. The number of nitrogens with two attached hydrogens (primary N) is 2. The van der Waals surface area contributed by atoms with E-state index in [-0.39, 0.29) is 0 Å². The molecule has 0 aliphatic heterocycles. The lowest BCUT2D eigenvalue weighted by molar-refractivity contribution is 0.164. The molecule has 0 radical (unpaired) electrons. The molecule has 0 amide bonds. The van der Waals surface area contributed by atoms with Crippen molar-refractivity contribution in [3.63, 3.8) is 0 Å². The molecule has 2 atom stereocenters. The zero-order valence-corrected chi connectivity index (χ0v) is 6.94. The van der Waals surface area contributed by atoms with Crippen molar-refractivity contribution in [3.8, 4) is 0 Å². The summed E-state index contributed by atoms with van der Waals surface area (Å²) in [6.07, 6.45) is 2.53. The molecule has 0 fully saturated rings. The molecule has 0 spiro atoms. The minimum absolute atomic E-state index is 0.437. The Bertz CT molecular complexity index is 262. The third kappa shape index (κ3) is 1.72. The summed E-state index contributed by atoms with van der Waals surface area (Å²) in [5, 5.41) is 9.20. The highest BCUT2D eigenvalue weighted by molar-refractivity contribution is 5.45. The second-order valence-electron chi connectivity index (χ2n) is 2.77. The molecule has 4 nitrogen and oxygen atoms in total. The van der Waals surface area contributed by atoms with E-state index in [9.17, 15) is 5.11 Å². The fourth-order valence-corrected chi connectivity index (χ4v) is 0.981. The summed E-state index contributed by atoms with van der Waals surface area (Å²) in [6, 6.07) is 1.28. The van der Waals surface area contributed by atoms with E-state index in [0.717, 1.165) is 5.56 Å². The lowest BCUT2D eigenvalue weighted by Gasteiger charge is -2.16. The summed E-state index contributed by atoms with van der Waals surface area (Å²) in [7, 11) is 0. The number of aromatic nitrogens is 1. The van der Waals surface area contributed by atoms with Crippen molar-refractivity contribution < 1.29 is 5.11 Å². The molecular formula is C8H13N3O. The van der Waals surface area contributed by atoms with Gasteiger partial charge in [-0.05, 0) is 18.6 Å². The number of nitrogen functional groups attached to an aromatic ring is 1. The first-order chi connectivity index (χ1) is 5.63. The predicted octanol–water partition coefficient (Wildman–Crippen LogP) is 0.0444. The average molecular weight is 167 g/mol. The van der Waals surface area contributed by atoms with E-state index in [1.165, 1.54) is 6.20 Å². The Labute approximate surface area is 71.2 Å². The van der Waals surface area contributed by atoms with Crippen LogP contribution in [0.4, 0.5) is 5.69 Å². The Morgan fingerprint density at radius 2 is 2.25 bits per heavy atom. The van der Waals surface area contributed by atoms with Crippen LogP contribution in [0, 0.1) is 0 Å². The Morgan fingerprint density at radius 3 is 2.75 bits per heavy atom. The maximum absolute atomic E-state index is 9.20. The van der Waals surface area contributed by atoms with Crippen molar-refractivity contribution in [1.29, 1.82) is 0 Å². The molecule has 5 N–H and O–H groups in total. The van der Waals surface area contributed by atoms with Gasteiger partial charge in [-0.15, -0.1) is 0 Å². The summed E-state index contributed by atoms with van der Waals surface area (Å²) >= 11 is 0. The van der Waals surface area contributed by atoms with Crippen LogP contribution in [0.1, 0.15) is 18.5 Å². The van der Waals surface area contributed by atoms with Crippen molar-refractivity contribution in [2.45, 2.75) is 19.1 Å². The third-order valence-electron chi connectivity index (χ3n) is 1.77. The van der Waals surface area contributed by atoms with E-state index in [2.05, 4.69) is 4.98 Å². The SMILES string of the molecule is C[C@@H](O)[C@H](N)c1ccncc1N. The van der Waals surface area contributed by atoms with E-state index in [1.54, 1.807) is 19.2 Å². The Morgan fingerprint density at radius 1 is 1.58 bits per heavy atom. The molecule has 1 heterocycles. The summed E-state index contributed by atoms with van der Waals surface area (Å²) in [6.45, 7) is 1.63. The van der Waals surface area contributed by atoms with Gasteiger partial charge in [-0.2, -0.15) is 0 Å². The smallest absolute Gasteiger partial charge is 0.0705 e. The number of anilines is 1. The van der Waals surface area contributed by atoms with Crippen molar-refractivity contribution in [3.05, 3.63) is 24.0 Å². The Kier molecular flexibility index (Phi) is 2.62. The molecule has 0 saturated carbocycles. The number of rotatable bonds is 2. The van der Waals surface area contributed by atoms with Gasteiger partial charge in [0, 0.05) is 6.20 Å². The molecule has 1 rings (SSSR count). The van der Waals surface area contributed by atoms with Crippen molar-refractivity contribution in [1.82, 2.24) is 4.98 Å². The van der Waals surface area contributed by atoms with Crippen LogP contribution in [-0.2, 0) is 0 Å². The van der Waals surface area contributed by atoms with Crippen LogP contribution in [0.5, 0.6) is 0 Å². The number of hydrogen-bond acceptors (Lipinski definition) is 4. The van der Waals surface area contributed by atoms with E-state index in [4.69, 9.17) is 11.5 Å². The van der Waals surface area contributed by atoms with Gasteiger partial charge in [0.15, 0.2) is 0 Å². The van der Waals surface area contributed by atoms with Gasteiger partial charge >= 0.3 is 0 Å². The second kappa shape index (κ2) is 3.51. The number of aliphatic hydroxyl groups excluding tert-OH is 1. The van der Waals surface area contributed by atoms with Gasteiger partial charge in [-0.25, -0.2) is 0 Å². The van der Waals surface area contributed by atoms with Gasteiger partial charge < -0.3 is 16.6 Å². The Hall–Kier alpha value is -1.13. The van der Waals surface area contributed by atoms with E-state index in [0.29, 0.717) is 5.69 Å². The highest BCUT2D eigenvalue weighted by atomic mass is 16.3. The van der Waals surface area contributed by atoms with Crippen LogP contribution < -0.4 is 11.5 Å². The van der Waals surface area contributed by atoms with Crippen LogP contribution in [-0.4, -0.2) is 16.2 Å². The van der Waals surface area contributed by atoms with Gasteiger partial charge in [-0.1, -0.05) is 0 Å². The largest absolute Gasteiger partial charge is 0.397 e. The first-order valence-electron chi connectivity index (χ1n) is 3.76. The quantitative estimate of drug-likeness (QED) is 0.580. The molecule has 1 aromatic rings. The van der Waals surface area contributed by atoms with Gasteiger partial charge in [0.1, 0.15) is 0 Å². The van der Waals surface area contributed by atoms with Crippen LogP contribution in [0.2, 0.25) is 0 Å². The number of pyridine rings is 1. The molecule has 0 aliphatic carbocycles. The average Bonchev–Trinajstić information content (AvgIpc) is 2.04. The summed E-state index contributed by atoms with van der Waals surface area (Å²) < 4.78 is 0. The number of hydrogen-bond donors (Lipinski definition) is 3. The second-order valence-corrected chi connectivity index (χ2v) is 2.77.